The fourth-order valence-corrected chi connectivity index (χ4v) is 9.65. The van der Waals surface area contributed by atoms with E-state index in [4.69, 9.17) is 4.42 Å². The Balaban J connectivity index is 1.24. The molecule has 0 N–H and O–H groups in total. The molecule has 244 valence electrons. The highest BCUT2D eigenvalue weighted by Crippen LogP contribution is 2.50. The number of fused-ring (bicyclic) bond motifs is 15. The van der Waals surface area contributed by atoms with E-state index >= 15 is 0 Å². The molecular formula is C50H28N2O. The maximum atomic E-state index is 6.78. The number of para-hydroxylation sites is 2. The molecule has 0 fully saturated rings. The lowest BCUT2D eigenvalue weighted by Crippen LogP contribution is -1.99. The zero-order valence-electron chi connectivity index (χ0n) is 28.5. The van der Waals surface area contributed by atoms with Gasteiger partial charge in [0.15, 0.2) is 0 Å². The van der Waals surface area contributed by atoms with E-state index in [1.54, 1.807) is 0 Å². The first-order valence-electron chi connectivity index (χ1n) is 18.3. The quantitative estimate of drug-likeness (QED) is 0.179. The Kier molecular flexibility index (Phi) is 5.11. The minimum atomic E-state index is 0.908. The molecule has 3 heterocycles. The standard InChI is InChI=1S/C50H28N2O/c1-2-14-32-29(10-1)11-9-20-42(32)52-44-27-26-39-35-16-4-6-21-45(35)53-50(39)47(44)40-25-24-38-34-15-3-5-19-43(34)51(48(38)49(40)52)31-22-23-33-36-17-7-12-30-13-8-18-37(46(30)36)41(33)28-31/h1-28H. The lowest BCUT2D eigenvalue weighted by molar-refractivity contribution is 0.673. The van der Waals surface area contributed by atoms with Crippen LogP contribution in [0.15, 0.2) is 174 Å². The van der Waals surface area contributed by atoms with Gasteiger partial charge in [-0.05, 0) is 80.9 Å². The van der Waals surface area contributed by atoms with Gasteiger partial charge in [0.2, 0.25) is 0 Å². The van der Waals surface area contributed by atoms with Gasteiger partial charge in [0.1, 0.15) is 11.2 Å². The fourth-order valence-electron chi connectivity index (χ4n) is 9.65. The molecule has 0 unspecified atom stereocenters. The maximum absolute atomic E-state index is 6.78. The molecule has 0 bridgehead atoms. The normalized spacial score (nSPS) is 12.5. The first kappa shape index (κ1) is 27.6. The summed E-state index contributed by atoms with van der Waals surface area (Å²) in [6.07, 6.45) is 0. The Labute approximate surface area is 303 Å². The molecule has 3 aromatic heterocycles. The van der Waals surface area contributed by atoms with Crippen LogP contribution in [0.4, 0.5) is 0 Å². The second-order valence-electron chi connectivity index (χ2n) is 14.4. The van der Waals surface area contributed by atoms with Gasteiger partial charge in [0, 0.05) is 38.0 Å². The largest absolute Gasteiger partial charge is 0.455 e. The monoisotopic (exact) mass is 672 g/mol. The van der Waals surface area contributed by atoms with E-state index in [1.165, 1.54) is 76.5 Å². The Morgan fingerprint density at radius 1 is 0.358 bits per heavy atom. The molecule has 0 saturated heterocycles. The van der Waals surface area contributed by atoms with Gasteiger partial charge in [-0.2, -0.15) is 0 Å². The third-order valence-corrected chi connectivity index (χ3v) is 11.8. The predicted octanol–water partition coefficient (Wildman–Crippen LogP) is 13.7. The number of furan rings is 1. The van der Waals surface area contributed by atoms with Crippen molar-refractivity contribution in [1.29, 1.82) is 0 Å². The third kappa shape index (κ3) is 3.44. The van der Waals surface area contributed by atoms with Crippen molar-refractivity contribution in [1.82, 2.24) is 9.13 Å². The number of aromatic nitrogens is 2. The van der Waals surface area contributed by atoms with Crippen molar-refractivity contribution in [3.8, 4) is 33.6 Å². The summed E-state index contributed by atoms with van der Waals surface area (Å²) in [4.78, 5) is 0. The molecule has 0 amide bonds. The first-order valence-corrected chi connectivity index (χ1v) is 18.3. The highest BCUT2D eigenvalue weighted by Gasteiger charge is 2.26. The lowest BCUT2D eigenvalue weighted by Gasteiger charge is -2.15. The summed E-state index contributed by atoms with van der Waals surface area (Å²) in [7, 11) is 0. The third-order valence-electron chi connectivity index (χ3n) is 11.8. The van der Waals surface area contributed by atoms with Crippen LogP contribution in [0.5, 0.6) is 0 Å². The second-order valence-corrected chi connectivity index (χ2v) is 14.4. The van der Waals surface area contributed by atoms with Crippen molar-refractivity contribution in [2.45, 2.75) is 0 Å². The number of nitrogens with zero attached hydrogens (tertiary/aromatic N) is 2. The first-order chi connectivity index (χ1) is 26.3. The van der Waals surface area contributed by atoms with Crippen molar-refractivity contribution in [3.63, 3.8) is 0 Å². The molecule has 0 atom stereocenters. The van der Waals surface area contributed by atoms with E-state index in [0.717, 1.165) is 44.2 Å². The fraction of sp³-hybridized carbons (Fsp3) is 0. The molecule has 12 aromatic rings. The molecule has 9 aromatic carbocycles. The van der Waals surface area contributed by atoms with Crippen LogP contribution in [-0.4, -0.2) is 9.13 Å². The molecule has 1 aliphatic carbocycles. The molecule has 3 heteroatoms. The molecule has 0 spiro atoms. The maximum Gasteiger partial charge on any atom is 0.145 e. The average Bonchev–Trinajstić information content (AvgIpc) is 3.95. The molecule has 13 rings (SSSR count). The second kappa shape index (κ2) is 9.81. The van der Waals surface area contributed by atoms with Crippen LogP contribution < -0.4 is 0 Å². The Morgan fingerprint density at radius 3 is 1.94 bits per heavy atom. The van der Waals surface area contributed by atoms with Gasteiger partial charge in [0.25, 0.3) is 0 Å². The highest BCUT2D eigenvalue weighted by atomic mass is 16.3. The Bertz CT molecular complexity index is 3560. The smallest absolute Gasteiger partial charge is 0.145 e. The predicted molar refractivity (Wildman–Crippen MR) is 222 cm³/mol. The Hall–Kier alpha value is -7.10. The van der Waals surface area contributed by atoms with Crippen LogP contribution in [-0.2, 0) is 0 Å². The summed E-state index contributed by atoms with van der Waals surface area (Å²) < 4.78 is 11.8. The van der Waals surface area contributed by atoms with Crippen molar-refractivity contribution in [2.75, 3.05) is 0 Å². The van der Waals surface area contributed by atoms with Gasteiger partial charge < -0.3 is 13.6 Å². The van der Waals surface area contributed by atoms with E-state index in [9.17, 15) is 0 Å². The summed E-state index contributed by atoms with van der Waals surface area (Å²) >= 11 is 0. The van der Waals surface area contributed by atoms with Gasteiger partial charge in [-0.1, -0.05) is 127 Å². The highest BCUT2D eigenvalue weighted by molar-refractivity contribution is 6.30. The van der Waals surface area contributed by atoms with E-state index in [1.807, 2.05) is 0 Å². The zero-order chi connectivity index (χ0) is 34.4. The van der Waals surface area contributed by atoms with Crippen molar-refractivity contribution in [3.05, 3.63) is 170 Å². The molecule has 1 aliphatic rings. The van der Waals surface area contributed by atoms with Crippen molar-refractivity contribution < 1.29 is 4.42 Å². The molecule has 53 heavy (non-hydrogen) atoms. The van der Waals surface area contributed by atoms with Gasteiger partial charge in [-0.15, -0.1) is 0 Å². The van der Waals surface area contributed by atoms with Gasteiger partial charge in [-0.3, -0.25) is 0 Å². The molecule has 0 saturated carbocycles. The van der Waals surface area contributed by atoms with Gasteiger partial charge in [0.05, 0.1) is 33.1 Å². The van der Waals surface area contributed by atoms with Crippen LogP contribution in [0.3, 0.4) is 0 Å². The molecule has 0 aliphatic heterocycles. The summed E-state index contributed by atoms with van der Waals surface area (Å²) in [6.45, 7) is 0. The summed E-state index contributed by atoms with van der Waals surface area (Å²) in [6, 6.07) is 62.3. The number of hydrogen-bond acceptors (Lipinski definition) is 1. The van der Waals surface area contributed by atoms with Crippen LogP contribution in [0.1, 0.15) is 0 Å². The summed E-state index contributed by atoms with van der Waals surface area (Å²) in [5, 5.41) is 12.1. The molecule has 3 nitrogen and oxygen atoms in total. The van der Waals surface area contributed by atoms with Crippen LogP contribution in [0.25, 0.3) is 121 Å². The summed E-state index contributed by atoms with van der Waals surface area (Å²) in [5.74, 6) is 0. The number of benzene rings is 9. The molecular weight excluding hydrogens is 645 g/mol. The van der Waals surface area contributed by atoms with Crippen molar-refractivity contribution in [2.24, 2.45) is 0 Å². The van der Waals surface area contributed by atoms with Crippen LogP contribution in [0.2, 0.25) is 0 Å². The Morgan fingerprint density at radius 2 is 1.04 bits per heavy atom. The van der Waals surface area contributed by atoms with E-state index in [-0.39, 0.29) is 0 Å². The average molecular weight is 673 g/mol. The molecule has 0 radical (unpaired) electrons. The topological polar surface area (TPSA) is 23.0 Å². The van der Waals surface area contributed by atoms with E-state index in [2.05, 4.69) is 179 Å². The van der Waals surface area contributed by atoms with E-state index in [0.29, 0.717) is 0 Å². The van der Waals surface area contributed by atoms with Crippen LogP contribution >= 0.6 is 0 Å². The number of hydrogen-bond donors (Lipinski definition) is 0. The lowest BCUT2D eigenvalue weighted by atomic mass is 10.0. The van der Waals surface area contributed by atoms with Gasteiger partial charge in [-0.25, -0.2) is 0 Å². The van der Waals surface area contributed by atoms with Gasteiger partial charge >= 0.3 is 0 Å². The SMILES string of the molecule is c1ccc2c(-n3c4ccc5c6ccccc6oc5c4c4ccc5c6ccccc6n(-c6ccc7c(c6)-c6cccc8cccc-7c68)c5c43)cccc2c1. The zero-order valence-corrected chi connectivity index (χ0v) is 28.5. The van der Waals surface area contributed by atoms with E-state index < -0.39 is 0 Å². The minimum Gasteiger partial charge on any atom is -0.455 e. The number of rotatable bonds is 2. The minimum absolute atomic E-state index is 0.908. The summed E-state index contributed by atoms with van der Waals surface area (Å²) in [5.41, 5.74) is 14.0. The van der Waals surface area contributed by atoms with Crippen molar-refractivity contribution >= 4 is 87.1 Å². The van der Waals surface area contributed by atoms with Crippen LogP contribution in [0, 0.1) is 0 Å².